The first-order chi connectivity index (χ1) is 8.65. The lowest BCUT2D eigenvalue weighted by molar-refractivity contribution is -0.120. The Morgan fingerprint density at radius 3 is 2.89 bits per heavy atom. The van der Waals surface area contributed by atoms with Gasteiger partial charge in [-0.05, 0) is 30.5 Å². The fraction of sp³-hybridized carbons (Fsp3) is 0.417. The first-order valence-electron chi connectivity index (χ1n) is 5.79. The van der Waals surface area contributed by atoms with Crippen molar-refractivity contribution in [2.45, 2.75) is 24.9 Å². The predicted octanol–water partition coefficient (Wildman–Crippen LogP) is 1.35. The molecular weight excluding hydrogens is 256 g/mol. The molecule has 3 rings (SSSR count). The van der Waals surface area contributed by atoms with Gasteiger partial charge in [-0.15, -0.1) is 0 Å². The lowest BCUT2D eigenvalue weighted by atomic mass is 10.1. The minimum absolute atomic E-state index is 0.149. The Balaban J connectivity index is 1.93. The van der Waals surface area contributed by atoms with Crippen LogP contribution >= 0.6 is 11.6 Å². The van der Waals surface area contributed by atoms with Crippen molar-refractivity contribution in [3.63, 3.8) is 0 Å². The molecule has 1 fully saturated rings. The number of primary amides is 1. The van der Waals surface area contributed by atoms with Crippen LogP contribution in [0.5, 0.6) is 11.5 Å². The Bertz CT molecular complexity index is 502. The molecule has 96 valence electrons. The number of nitrogens with two attached hydrogens (primary N) is 1. The van der Waals surface area contributed by atoms with Gasteiger partial charge in [0.15, 0.2) is 11.5 Å². The van der Waals surface area contributed by atoms with Crippen LogP contribution in [0.1, 0.15) is 24.4 Å². The topological polar surface area (TPSA) is 73.6 Å². The quantitative estimate of drug-likeness (QED) is 0.864. The number of ether oxygens (including phenoxy) is 2. The summed E-state index contributed by atoms with van der Waals surface area (Å²) < 4.78 is 10.5. The van der Waals surface area contributed by atoms with Crippen LogP contribution in [0.3, 0.4) is 0 Å². The van der Waals surface area contributed by atoms with E-state index >= 15 is 0 Å². The number of halogens is 1. The molecule has 1 atom stereocenters. The maximum absolute atomic E-state index is 11.5. The van der Waals surface area contributed by atoms with Crippen molar-refractivity contribution in [1.29, 1.82) is 0 Å². The van der Waals surface area contributed by atoms with Crippen molar-refractivity contribution in [1.82, 2.24) is 5.32 Å². The number of rotatable bonds is 4. The monoisotopic (exact) mass is 268 g/mol. The fourth-order valence-electron chi connectivity index (χ4n) is 1.98. The van der Waals surface area contributed by atoms with E-state index in [0.717, 1.165) is 12.8 Å². The van der Waals surface area contributed by atoms with Crippen molar-refractivity contribution in [2.75, 3.05) is 6.79 Å². The van der Waals surface area contributed by atoms with Gasteiger partial charge in [0, 0.05) is 6.04 Å². The molecular formula is C12H13ClN2O3. The van der Waals surface area contributed by atoms with Crippen molar-refractivity contribution in [2.24, 2.45) is 5.73 Å². The molecule has 1 saturated carbocycles. The largest absolute Gasteiger partial charge is 0.454 e. The normalized spacial score (nSPS) is 18.7. The fourth-order valence-corrected chi connectivity index (χ4v) is 2.26. The van der Waals surface area contributed by atoms with E-state index in [1.807, 2.05) is 0 Å². The minimum Gasteiger partial charge on any atom is -0.454 e. The molecule has 0 spiro atoms. The van der Waals surface area contributed by atoms with Gasteiger partial charge in [-0.1, -0.05) is 11.6 Å². The SMILES string of the molecule is NC(=O)C(NC1CC1)c1cc(Cl)c2c(c1)OCO2. The molecule has 0 saturated heterocycles. The van der Waals surface area contributed by atoms with E-state index in [0.29, 0.717) is 28.1 Å². The summed E-state index contributed by atoms with van der Waals surface area (Å²) in [6.07, 6.45) is 2.14. The number of hydrogen-bond donors (Lipinski definition) is 2. The lowest BCUT2D eigenvalue weighted by Gasteiger charge is -2.16. The Labute approximate surface area is 109 Å². The maximum Gasteiger partial charge on any atom is 0.239 e. The van der Waals surface area contributed by atoms with E-state index in [-0.39, 0.29) is 6.79 Å². The minimum atomic E-state index is -0.538. The second kappa shape index (κ2) is 4.33. The number of carbonyl (C=O) groups is 1. The van der Waals surface area contributed by atoms with Gasteiger partial charge in [-0.2, -0.15) is 0 Å². The van der Waals surface area contributed by atoms with Crippen LogP contribution in [0.2, 0.25) is 5.02 Å². The molecule has 1 unspecified atom stereocenters. The summed E-state index contributed by atoms with van der Waals surface area (Å²) in [5, 5.41) is 3.63. The van der Waals surface area contributed by atoms with Crippen molar-refractivity contribution >= 4 is 17.5 Å². The number of amides is 1. The number of nitrogens with one attached hydrogen (secondary N) is 1. The van der Waals surface area contributed by atoms with Crippen LogP contribution in [0.15, 0.2) is 12.1 Å². The van der Waals surface area contributed by atoms with Gasteiger partial charge in [0.25, 0.3) is 0 Å². The molecule has 1 amide bonds. The molecule has 18 heavy (non-hydrogen) atoms. The summed E-state index contributed by atoms with van der Waals surface area (Å²) in [5.41, 5.74) is 6.14. The molecule has 0 bridgehead atoms. The Morgan fingerprint density at radius 1 is 1.44 bits per heavy atom. The molecule has 3 N–H and O–H groups in total. The van der Waals surface area contributed by atoms with Crippen LogP contribution in [0.25, 0.3) is 0 Å². The van der Waals surface area contributed by atoms with E-state index in [9.17, 15) is 4.79 Å². The third-order valence-corrected chi connectivity index (χ3v) is 3.33. The van der Waals surface area contributed by atoms with Crippen LogP contribution in [-0.4, -0.2) is 18.7 Å². The zero-order valence-electron chi connectivity index (χ0n) is 9.61. The van der Waals surface area contributed by atoms with Crippen molar-refractivity contribution in [3.05, 3.63) is 22.7 Å². The highest BCUT2D eigenvalue weighted by Gasteiger charge is 2.30. The van der Waals surface area contributed by atoms with Gasteiger partial charge in [0.05, 0.1) is 5.02 Å². The molecule has 5 nitrogen and oxygen atoms in total. The zero-order chi connectivity index (χ0) is 12.7. The molecule has 1 aromatic rings. The highest BCUT2D eigenvalue weighted by molar-refractivity contribution is 6.32. The molecule has 2 aliphatic rings. The summed E-state index contributed by atoms with van der Waals surface area (Å²) in [7, 11) is 0. The van der Waals surface area contributed by atoms with Gasteiger partial charge in [-0.3, -0.25) is 10.1 Å². The van der Waals surface area contributed by atoms with E-state index < -0.39 is 11.9 Å². The standard InChI is InChI=1S/C12H13ClN2O3/c13-8-3-6(4-9-11(8)18-5-17-9)10(12(14)16)15-7-1-2-7/h3-4,7,10,15H,1-2,5H2,(H2,14,16). The van der Waals surface area contributed by atoms with E-state index in [1.165, 1.54) is 0 Å². The van der Waals surface area contributed by atoms with Crippen molar-refractivity contribution in [3.8, 4) is 11.5 Å². The molecule has 1 heterocycles. The Morgan fingerprint density at radius 2 is 2.22 bits per heavy atom. The number of fused-ring (bicyclic) bond motifs is 1. The van der Waals surface area contributed by atoms with Gasteiger partial charge in [0.1, 0.15) is 6.04 Å². The van der Waals surface area contributed by atoms with E-state index in [4.69, 9.17) is 26.8 Å². The summed E-state index contributed by atoms with van der Waals surface area (Å²) in [4.78, 5) is 11.5. The van der Waals surface area contributed by atoms with Crippen LogP contribution < -0.4 is 20.5 Å². The van der Waals surface area contributed by atoms with Crippen LogP contribution in [0.4, 0.5) is 0 Å². The average Bonchev–Trinajstić information content (AvgIpc) is 3.01. The highest BCUT2D eigenvalue weighted by atomic mass is 35.5. The first kappa shape index (κ1) is 11.6. The molecule has 1 aromatic carbocycles. The summed E-state index contributed by atoms with van der Waals surface area (Å²) in [6.45, 7) is 0.149. The summed E-state index contributed by atoms with van der Waals surface area (Å²) >= 11 is 6.09. The Hall–Kier alpha value is -1.46. The molecule has 6 heteroatoms. The average molecular weight is 269 g/mol. The zero-order valence-corrected chi connectivity index (χ0v) is 10.4. The van der Waals surface area contributed by atoms with E-state index in [2.05, 4.69) is 5.32 Å². The molecule has 1 aliphatic carbocycles. The smallest absolute Gasteiger partial charge is 0.239 e. The highest BCUT2D eigenvalue weighted by Crippen LogP contribution is 2.41. The summed E-state index contributed by atoms with van der Waals surface area (Å²) in [6, 6.07) is 3.27. The second-order valence-electron chi connectivity index (χ2n) is 4.51. The third kappa shape index (κ3) is 2.11. The lowest BCUT2D eigenvalue weighted by Crippen LogP contribution is -2.34. The van der Waals surface area contributed by atoms with Crippen LogP contribution in [0, 0.1) is 0 Å². The van der Waals surface area contributed by atoms with Gasteiger partial charge >= 0.3 is 0 Å². The van der Waals surface area contributed by atoms with Crippen LogP contribution in [-0.2, 0) is 4.79 Å². The third-order valence-electron chi connectivity index (χ3n) is 3.05. The second-order valence-corrected chi connectivity index (χ2v) is 4.92. The number of hydrogen-bond acceptors (Lipinski definition) is 4. The number of benzene rings is 1. The number of carbonyl (C=O) groups excluding carboxylic acids is 1. The van der Waals surface area contributed by atoms with Gasteiger partial charge in [-0.25, -0.2) is 0 Å². The van der Waals surface area contributed by atoms with Gasteiger partial charge < -0.3 is 15.2 Å². The van der Waals surface area contributed by atoms with Gasteiger partial charge in [0.2, 0.25) is 12.7 Å². The first-order valence-corrected chi connectivity index (χ1v) is 6.17. The van der Waals surface area contributed by atoms with E-state index in [1.54, 1.807) is 12.1 Å². The summed E-state index contributed by atoms with van der Waals surface area (Å²) in [5.74, 6) is 0.660. The molecule has 0 aromatic heterocycles. The van der Waals surface area contributed by atoms with Crippen molar-refractivity contribution < 1.29 is 14.3 Å². The maximum atomic E-state index is 11.5. The Kier molecular flexibility index (Phi) is 2.80. The predicted molar refractivity (Wildman–Crippen MR) is 65.7 cm³/mol. The molecule has 1 aliphatic heterocycles. The molecule has 0 radical (unpaired) electrons.